The monoisotopic (exact) mass is 427 g/mol. The molecule has 0 aliphatic carbocycles. The topological polar surface area (TPSA) is 113 Å². The van der Waals surface area contributed by atoms with Crippen molar-refractivity contribution in [3.63, 3.8) is 0 Å². The molecule has 1 aromatic rings. The highest BCUT2D eigenvalue weighted by Gasteiger charge is 2.38. The number of aliphatic hydroxyl groups excluding tert-OH is 2. The van der Waals surface area contributed by atoms with Gasteiger partial charge in [-0.15, -0.1) is 0 Å². The molecule has 3 atom stereocenters. The van der Waals surface area contributed by atoms with Gasteiger partial charge in [-0.2, -0.15) is 0 Å². The SMILES string of the molecule is O=S(=O)(Cc1ccccc1)N[C@H](CCN1CCCC1)C(O)N1CCC[C@H]1C(O)O. The number of sulfonamides is 1. The van der Waals surface area contributed by atoms with E-state index in [2.05, 4.69) is 9.62 Å². The normalized spacial score (nSPS) is 23.7. The first-order valence-electron chi connectivity index (χ1n) is 10.4. The molecule has 2 fully saturated rings. The van der Waals surface area contributed by atoms with Crippen LogP contribution in [0.5, 0.6) is 0 Å². The van der Waals surface area contributed by atoms with E-state index in [4.69, 9.17) is 0 Å². The van der Waals surface area contributed by atoms with E-state index >= 15 is 0 Å². The molecule has 3 rings (SSSR count). The van der Waals surface area contributed by atoms with Gasteiger partial charge >= 0.3 is 0 Å². The van der Waals surface area contributed by atoms with Gasteiger partial charge in [0, 0.05) is 6.54 Å². The maximum absolute atomic E-state index is 12.8. The summed E-state index contributed by atoms with van der Waals surface area (Å²) in [5, 5.41) is 30.3. The van der Waals surface area contributed by atoms with Crippen LogP contribution in [-0.4, -0.2) is 84.3 Å². The Hall–Kier alpha value is -1.07. The number of nitrogens with one attached hydrogen (secondary N) is 1. The summed E-state index contributed by atoms with van der Waals surface area (Å²) in [5.41, 5.74) is 0.678. The van der Waals surface area contributed by atoms with Crippen molar-refractivity contribution in [1.82, 2.24) is 14.5 Å². The lowest BCUT2D eigenvalue weighted by molar-refractivity contribution is -0.130. The third-order valence-electron chi connectivity index (χ3n) is 5.87. The highest BCUT2D eigenvalue weighted by molar-refractivity contribution is 7.88. The van der Waals surface area contributed by atoms with Crippen LogP contribution >= 0.6 is 0 Å². The highest BCUT2D eigenvalue weighted by Crippen LogP contribution is 2.24. The number of likely N-dealkylation sites (tertiary alicyclic amines) is 2. The predicted octanol–water partition coefficient (Wildman–Crippen LogP) is 0.0540. The molecule has 0 spiro atoms. The van der Waals surface area contributed by atoms with E-state index in [-0.39, 0.29) is 5.75 Å². The van der Waals surface area contributed by atoms with E-state index in [1.165, 1.54) is 0 Å². The van der Waals surface area contributed by atoms with Crippen molar-refractivity contribution in [2.45, 2.75) is 62.5 Å². The smallest absolute Gasteiger partial charge is 0.216 e. The molecule has 0 amide bonds. The molecule has 0 aromatic heterocycles. The zero-order valence-electron chi connectivity index (χ0n) is 16.7. The van der Waals surface area contributed by atoms with E-state index in [1.807, 2.05) is 6.07 Å². The number of benzene rings is 1. The predicted molar refractivity (Wildman–Crippen MR) is 110 cm³/mol. The van der Waals surface area contributed by atoms with E-state index in [9.17, 15) is 23.7 Å². The van der Waals surface area contributed by atoms with Gasteiger partial charge in [0.05, 0.1) is 17.8 Å². The molecular weight excluding hydrogens is 394 g/mol. The Kier molecular flexibility index (Phi) is 8.03. The summed E-state index contributed by atoms with van der Waals surface area (Å²) in [7, 11) is -3.67. The molecule has 0 saturated carbocycles. The Labute approximate surface area is 173 Å². The van der Waals surface area contributed by atoms with Crippen LogP contribution < -0.4 is 4.72 Å². The minimum absolute atomic E-state index is 0.160. The first kappa shape index (κ1) is 22.6. The van der Waals surface area contributed by atoms with Crippen molar-refractivity contribution in [1.29, 1.82) is 0 Å². The van der Waals surface area contributed by atoms with E-state index < -0.39 is 34.6 Å². The Morgan fingerprint density at radius 3 is 2.38 bits per heavy atom. The zero-order valence-corrected chi connectivity index (χ0v) is 17.5. The molecule has 1 aromatic carbocycles. The van der Waals surface area contributed by atoms with Crippen LogP contribution in [0.15, 0.2) is 30.3 Å². The fraction of sp³-hybridized carbons (Fsp3) is 0.700. The summed E-state index contributed by atoms with van der Waals surface area (Å²) in [4.78, 5) is 3.89. The molecule has 29 heavy (non-hydrogen) atoms. The maximum atomic E-state index is 12.8. The average Bonchev–Trinajstić information content (AvgIpc) is 3.36. The first-order valence-corrected chi connectivity index (χ1v) is 12.1. The van der Waals surface area contributed by atoms with E-state index in [0.717, 1.165) is 32.4 Å². The maximum Gasteiger partial charge on any atom is 0.216 e. The molecular formula is C20H33N3O5S. The highest BCUT2D eigenvalue weighted by atomic mass is 32.2. The molecule has 2 aliphatic heterocycles. The van der Waals surface area contributed by atoms with E-state index in [0.29, 0.717) is 31.5 Å². The Balaban J connectivity index is 1.70. The quantitative estimate of drug-likeness (QED) is 0.390. The van der Waals surface area contributed by atoms with Crippen LogP contribution in [0.25, 0.3) is 0 Å². The lowest BCUT2D eigenvalue weighted by Gasteiger charge is -2.36. The van der Waals surface area contributed by atoms with Gasteiger partial charge in [-0.1, -0.05) is 30.3 Å². The van der Waals surface area contributed by atoms with Gasteiger partial charge in [-0.05, 0) is 57.3 Å². The summed E-state index contributed by atoms with van der Waals surface area (Å²) in [5.74, 6) is -0.160. The number of rotatable bonds is 10. The second-order valence-corrected chi connectivity index (χ2v) is 9.83. The van der Waals surface area contributed by atoms with Crippen molar-refractivity contribution in [2.75, 3.05) is 26.2 Å². The Morgan fingerprint density at radius 1 is 1.03 bits per heavy atom. The second-order valence-electron chi connectivity index (χ2n) is 8.08. The lowest BCUT2D eigenvalue weighted by atomic mass is 10.1. The van der Waals surface area contributed by atoms with Crippen LogP contribution in [-0.2, 0) is 15.8 Å². The summed E-state index contributed by atoms with van der Waals surface area (Å²) in [6.07, 6.45) is 1.35. The minimum Gasteiger partial charge on any atom is -0.377 e. The van der Waals surface area contributed by atoms with Crippen molar-refractivity contribution in [3.05, 3.63) is 35.9 Å². The third-order valence-corrected chi connectivity index (χ3v) is 7.25. The summed E-state index contributed by atoms with van der Waals surface area (Å²) in [6.45, 7) is 3.17. The van der Waals surface area contributed by atoms with Gasteiger partial charge in [0.15, 0.2) is 6.29 Å². The Morgan fingerprint density at radius 2 is 1.72 bits per heavy atom. The fourth-order valence-corrected chi connectivity index (χ4v) is 5.77. The first-order chi connectivity index (χ1) is 13.9. The Bertz CT molecular complexity index is 725. The van der Waals surface area contributed by atoms with E-state index in [1.54, 1.807) is 29.2 Å². The van der Waals surface area contributed by atoms with Crippen molar-refractivity contribution < 1.29 is 23.7 Å². The van der Waals surface area contributed by atoms with Crippen molar-refractivity contribution >= 4 is 10.0 Å². The van der Waals surface area contributed by atoms with Gasteiger partial charge < -0.3 is 20.2 Å². The molecule has 0 radical (unpaired) electrons. The molecule has 0 bridgehead atoms. The second kappa shape index (κ2) is 10.3. The standard InChI is InChI=1S/C20H33N3O5S/c24-19(23-13-6-9-18(23)20(25)26)17(10-14-22-11-4-5-12-22)21-29(27,28)15-16-7-2-1-3-8-16/h1-3,7-8,17-21,24-26H,4-6,9-15H2/t17-,18+,19?/m1/s1. The molecule has 1 unspecified atom stereocenters. The van der Waals surface area contributed by atoms with Crippen LogP contribution in [0.2, 0.25) is 0 Å². The van der Waals surface area contributed by atoms with Crippen molar-refractivity contribution in [2.24, 2.45) is 0 Å². The lowest BCUT2D eigenvalue weighted by Crippen LogP contribution is -2.56. The van der Waals surface area contributed by atoms with Gasteiger partial charge in [-0.25, -0.2) is 13.1 Å². The molecule has 2 heterocycles. The van der Waals surface area contributed by atoms with Crippen molar-refractivity contribution in [3.8, 4) is 0 Å². The van der Waals surface area contributed by atoms with Gasteiger partial charge in [0.25, 0.3) is 0 Å². The van der Waals surface area contributed by atoms with Crippen LogP contribution in [0.4, 0.5) is 0 Å². The largest absolute Gasteiger partial charge is 0.377 e. The number of nitrogens with zero attached hydrogens (tertiary/aromatic N) is 2. The van der Waals surface area contributed by atoms with Gasteiger partial charge in [0.1, 0.15) is 6.23 Å². The van der Waals surface area contributed by atoms with Crippen LogP contribution in [0.1, 0.15) is 37.7 Å². The van der Waals surface area contributed by atoms with Gasteiger partial charge in [0.2, 0.25) is 10.0 Å². The van der Waals surface area contributed by atoms with Crippen LogP contribution in [0.3, 0.4) is 0 Å². The molecule has 2 saturated heterocycles. The molecule has 164 valence electrons. The van der Waals surface area contributed by atoms with Crippen LogP contribution in [0, 0.1) is 0 Å². The molecule has 9 heteroatoms. The third kappa shape index (κ3) is 6.45. The summed E-state index contributed by atoms with van der Waals surface area (Å²) < 4.78 is 28.3. The summed E-state index contributed by atoms with van der Waals surface area (Å²) in [6, 6.07) is 7.63. The fourth-order valence-electron chi connectivity index (χ4n) is 4.36. The molecule has 2 aliphatic rings. The molecule has 8 nitrogen and oxygen atoms in total. The molecule has 4 N–H and O–H groups in total. The number of hydrogen-bond acceptors (Lipinski definition) is 7. The minimum atomic E-state index is -3.67. The zero-order chi connectivity index (χ0) is 20.9. The number of hydrogen-bond donors (Lipinski definition) is 4. The summed E-state index contributed by atoms with van der Waals surface area (Å²) >= 11 is 0. The number of aliphatic hydroxyl groups is 3. The van der Waals surface area contributed by atoms with Gasteiger partial charge in [-0.3, -0.25) is 4.90 Å². The average molecular weight is 428 g/mol.